The van der Waals surface area contributed by atoms with E-state index < -0.39 is 0 Å². The number of ether oxygens (including phenoxy) is 1. The summed E-state index contributed by atoms with van der Waals surface area (Å²) in [5.41, 5.74) is 3.67. The molecule has 31 heavy (non-hydrogen) atoms. The van der Waals surface area contributed by atoms with Gasteiger partial charge in [0, 0.05) is 31.8 Å². The minimum absolute atomic E-state index is 0.476. The predicted molar refractivity (Wildman–Crippen MR) is 117 cm³/mol. The highest BCUT2D eigenvalue weighted by Crippen LogP contribution is 2.32. The molecule has 0 unspecified atom stereocenters. The lowest BCUT2D eigenvalue weighted by atomic mass is 10.1. The van der Waals surface area contributed by atoms with Gasteiger partial charge in [0.25, 0.3) is 0 Å². The lowest BCUT2D eigenvalue weighted by molar-refractivity contribution is 0.453. The third-order valence-electron chi connectivity index (χ3n) is 5.83. The zero-order valence-corrected chi connectivity index (χ0v) is 17.6. The highest BCUT2D eigenvalue weighted by atomic mass is 16.5. The number of nitriles is 1. The van der Waals surface area contributed by atoms with Crippen molar-refractivity contribution >= 4 is 5.82 Å². The van der Waals surface area contributed by atoms with Crippen molar-refractivity contribution in [3.05, 3.63) is 53.1 Å². The van der Waals surface area contributed by atoms with E-state index in [0.29, 0.717) is 23.0 Å². The molecule has 158 valence electrons. The molecule has 3 aromatic rings. The van der Waals surface area contributed by atoms with Gasteiger partial charge < -0.3 is 15.0 Å². The zero-order valence-electron chi connectivity index (χ0n) is 17.6. The monoisotopic (exact) mass is 415 g/mol. The molecule has 1 aromatic carbocycles. The fourth-order valence-corrected chi connectivity index (χ4v) is 4.26. The summed E-state index contributed by atoms with van der Waals surface area (Å²) < 4.78 is 8.17. The second-order valence-electron chi connectivity index (χ2n) is 8.01. The van der Waals surface area contributed by atoms with Gasteiger partial charge in [0.1, 0.15) is 17.3 Å². The molecule has 4 heterocycles. The SMILES string of the molecule is Cc1nc(Oc2cc(C#N)ccc2-n2ncc3c2CNCC3)cc(N2CCCCC2)n1. The number of fused-ring (bicyclic) bond motifs is 1. The van der Waals surface area contributed by atoms with Gasteiger partial charge in [0.05, 0.1) is 23.5 Å². The van der Waals surface area contributed by atoms with Crippen LogP contribution in [0.5, 0.6) is 11.6 Å². The molecule has 8 nitrogen and oxygen atoms in total. The minimum Gasteiger partial charge on any atom is -0.437 e. The Bertz CT molecular complexity index is 1140. The van der Waals surface area contributed by atoms with Crippen molar-refractivity contribution in [2.75, 3.05) is 24.5 Å². The van der Waals surface area contributed by atoms with Crippen molar-refractivity contribution in [2.24, 2.45) is 0 Å². The molecular formula is C23H25N7O. The normalized spacial score (nSPS) is 15.9. The molecule has 2 aliphatic heterocycles. The summed E-state index contributed by atoms with van der Waals surface area (Å²) >= 11 is 0. The predicted octanol–water partition coefficient (Wildman–Crippen LogP) is 3.27. The number of nitrogens with one attached hydrogen (secondary N) is 1. The maximum absolute atomic E-state index is 9.43. The lowest BCUT2D eigenvalue weighted by Crippen LogP contribution is -2.30. The van der Waals surface area contributed by atoms with Crippen LogP contribution in [0.4, 0.5) is 5.82 Å². The Kier molecular flexibility index (Phi) is 5.26. The van der Waals surface area contributed by atoms with E-state index in [0.717, 1.165) is 49.8 Å². The van der Waals surface area contributed by atoms with Gasteiger partial charge in [-0.2, -0.15) is 15.3 Å². The van der Waals surface area contributed by atoms with E-state index in [1.54, 1.807) is 12.1 Å². The van der Waals surface area contributed by atoms with Crippen LogP contribution in [0, 0.1) is 18.3 Å². The van der Waals surface area contributed by atoms with Crippen LogP contribution in [0.15, 0.2) is 30.5 Å². The standard InChI is InChI=1S/C23H25N7O/c1-16-27-22(29-9-3-2-4-10-29)12-23(28-16)31-21-11-17(13-24)5-6-19(21)30-20-15-25-8-7-18(20)14-26-30/h5-6,11-12,14,25H,2-4,7-10,15H2,1H3. The molecule has 2 aromatic heterocycles. The lowest BCUT2D eigenvalue weighted by Gasteiger charge is -2.28. The van der Waals surface area contributed by atoms with Gasteiger partial charge in [0.2, 0.25) is 5.88 Å². The van der Waals surface area contributed by atoms with Gasteiger partial charge >= 0.3 is 0 Å². The Balaban J connectivity index is 1.53. The first-order valence-electron chi connectivity index (χ1n) is 10.8. The largest absolute Gasteiger partial charge is 0.437 e. The van der Waals surface area contributed by atoms with Crippen molar-refractivity contribution in [3.63, 3.8) is 0 Å². The first-order valence-corrected chi connectivity index (χ1v) is 10.8. The highest BCUT2D eigenvalue weighted by Gasteiger charge is 2.20. The quantitative estimate of drug-likeness (QED) is 0.699. The van der Waals surface area contributed by atoms with E-state index in [-0.39, 0.29) is 0 Å². The molecule has 2 aliphatic rings. The average Bonchev–Trinajstić information content (AvgIpc) is 3.23. The van der Waals surface area contributed by atoms with Crippen molar-refractivity contribution in [1.29, 1.82) is 5.26 Å². The van der Waals surface area contributed by atoms with Crippen molar-refractivity contribution in [3.8, 4) is 23.4 Å². The average molecular weight is 416 g/mol. The number of rotatable bonds is 4. The Morgan fingerprint density at radius 3 is 2.84 bits per heavy atom. The number of aromatic nitrogens is 4. The fourth-order valence-electron chi connectivity index (χ4n) is 4.26. The Labute approximate surface area is 181 Å². The van der Waals surface area contributed by atoms with Gasteiger partial charge in [-0.05, 0) is 56.8 Å². The molecule has 5 rings (SSSR count). The number of hydrogen-bond acceptors (Lipinski definition) is 7. The van der Waals surface area contributed by atoms with E-state index in [9.17, 15) is 5.26 Å². The van der Waals surface area contributed by atoms with E-state index >= 15 is 0 Å². The Hall–Kier alpha value is -3.44. The number of nitrogens with zero attached hydrogens (tertiary/aromatic N) is 6. The topological polar surface area (TPSA) is 91.9 Å². The van der Waals surface area contributed by atoms with Crippen LogP contribution >= 0.6 is 0 Å². The number of anilines is 1. The van der Waals surface area contributed by atoms with E-state index in [2.05, 4.69) is 31.4 Å². The second kappa shape index (κ2) is 8.36. The maximum atomic E-state index is 9.43. The summed E-state index contributed by atoms with van der Waals surface area (Å²) in [6.45, 7) is 5.58. The summed E-state index contributed by atoms with van der Waals surface area (Å²) in [5.74, 6) is 2.58. The molecule has 0 amide bonds. The molecule has 0 atom stereocenters. The molecule has 0 saturated carbocycles. The zero-order chi connectivity index (χ0) is 21.2. The maximum Gasteiger partial charge on any atom is 0.224 e. The number of benzene rings is 1. The van der Waals surface area contributed by atoms with Crippen molar-refractivity contribution < 1.29 is 4.74 Å². The minimum atomic E-state index is 0.476. The molecular weight excluding hydrogens is 390 g/mol. The third kappa shape index (κ3) is 3.97. The van der Waals surface area contributed by atoms with Crippen LogP contribution in [-0.4, -0.2) is 39.4 Å². The molecule has 0 radical (unpaired) electrons. The van der Waals surface area contributed by atoms with Gasteiger partial charge in [-0.1, -0.05) is 0 Å². The summed E-state index contributed by atoms with van der Waals surface area (Å²) in [6.07, 6.45) is 6.48. The van der Waals surface area contributed by atoms with Gasteiger partial charge in [-0.3, -0.25) is 0 Å². The number of hydrogen-bond donors (Lipinski definition) is 1. The highest BCUT2D eigenvalue weighted by molar-refractivity contribution is 5.54. The van der Waals surface area contributed by atoms with Crippen LogP contribution in [-0.2, 0) is 13.0 Å². The molecule has 0 aliphatic carbocycles. The summed E-state index contributed by atoms with van der Waals surface area (Å²) in [7, 11) is 0. The Morgan fingerprint density at radius 1 is 1.13 bits per heavy atom. The van der Waals surface area contributed by atoms with E-state index in [4.69, 9.17) is 4.74 Å². The summed E-state index contributed by atoms with van der Waals surface area (Å²) in [6, 6.07) is 9.51. The van der Waals surface area contributed by atoms with Crippen LogP contribution in [0.2, 0.25) is 0 Å². The molecule has 1 saturated heterocycles. The van der Waals surface area contributed by atoms with Crippen LogP contribution < -0.4 is 15.0 Å². The summed E-state index contributed by atoms with van der Waals surface area (Å²) in [4.78, 5) is 11.4. The first-order chi connectivity index (χ1) is 15.2. The van der Waals surface area contributed by atoms with Crippen molar-refractivity contribution in [2.45, 2.75) is 39.2 Å². The third-order valence-corrected chi connectivity index (χ3v) is 5.83. The van der Waals surface area contributed by atoms with Gasteiger partial charge in [0.15, 0.2) is 5.75 Å². The van der Waals surface area contributed by atoms with Gasteiger partial charge in [-0.25, -0.2) is 9.67 Å². The second-order valence-corrected chi connectivity index (χ2v) is 8.01. The summed E-state index contributed by atoms with van der Waals surface area (Å²) in [5, 5.41) is 17.4. The number of aryl methyl sites for hydroxylation is 1. The molecule has 1 fully saturated rings. The van der Waals surface area contributed by atoms with Crippen LogP contribution in [0.25, 0.3) is 5.69 Å². The smallest absolute Gasteiger partial charge is 0.224 e. The van der Waals surface area contributed by atoms with Crippen molar-refractivity contribution in [1.82, 2.24) is 25.1 Å². The molecule has 0 spiro atoms. The van der Waals surface area contributed by atoms with Crippen LogP contribution in [0.1, 0.15) is 41.9 Å². The van der Waals surface area contributed by atoms with Crippen LogP contribution in [0.3, 0.4) is 0 Å². The molecule has 0 bridgehead atoms. The van der Waals surface area contributed by atoms with E-state index in [1.807, 2.05) is 29.9 Å². The fraction of sp³-hybridized carbons (Fsp3) is 0.391. The Morgan fingerprint density at radius 2 is 2.00 bits per heavy atom. The molecule has 1 N–H and O–H groups in total. The first kappa shape index (κ1) is 19.5. The van der Waals surface area contributed by atoms with E-state index in [1.165, 1.54) is 24.8 Å². The van der Waals surface area contributed by atoms with Gasteiger partial charge in [-0.15, -0.1) is 0 Å². The number of piperidine rings is 1. The molecule has 8 heteroatoms.